The maximum absolute atomic E-state index is 10.8. The van der Waals surface area contributed by atoms with Crippen LogP contribution in [0.25, 0.3) is 0 Å². The second-order valence-electron chi connectivity index (χ2n) is 3.54. The van der Waals surface area contributed by atoms with Gasteiger partial charge in [0.05, 0.1) is 11.3 Å². The van der Waals surface area contributed by atoms with E-state index in [0.717, 1.165) is 5.56 Å². The fourth-order valence-electron chi connectivity index (χ4n) is 1.35. The van der Waals surface area contributed by atoms with Crippen molar-refractivity contribution >= 4 is 16.1 Å². The predicted octanol–water partition coefficient (Wildman–Crippen LogP) is 1.51. The molecule has 0 aliphatic carbocycles. The Morgan fingerprint density at radius 2 is 1.81 bits per heavy atom. The molecule has 0 amide bonds. The maximum atomic E-state index is 10.8. The van der Waals surface area contributed by atoms with Crippen molar-refractivity contribution in [3.63, 3.8) is 0 Å². The van der Waals surface area contributed by atoms with Gasteiger partial charge in [-0.25, -0.2) is 0 Å². The van der Waals surface area contributed by atoms with E-state index < -0.39 is 16.1 Å². The first-order valence-corrected chi connectivity index (χ1v) is 6.04. The van der Waals surface area contributed by atoms with Gasteiger partial charge in [0, 0.05) is 0 Å². The van der Waals surface area contributed by atoms with Gasteiger partial charge in [0.1, 0.15) is 0 Å². The molecule has 0 saturated carbocycles. The molecule has 0 aliphatic rings. The first-order valence-electron chi connectivity index (χ1n) is 4.60. The van der Waals surface area contributed by atoms with E-state index in [1.807, 2.05) is 0 Å². The van der Waals surface area contributed by atoms with Crippen molar-refractivity contribution in [2.45, 2.75) is 24.2 Å². The average Bonchev–Trinajstić information content (AvgIpc) is 2.15. The summed E-state index contributed by atoms with van der Waals surface area (Å²) in [5.41, 5.74) is 0.717. The number of hydrogen-bond acceptors (Lipinski definition) is 3. The van der Waals surface area contributed by atoms with Crippen LogP contribution in [0.4, 0.5) is 0 Å². The highest BCUT2D eigenvalue weighted by atomic mass is 32.2. The molecular weight excluding hydrogens is 232 g/mol. The summed E-state index contributed by atoms with van der Waals surface area (Å²) in [6.45, 7) is 1.73. The normalized spacial score (nSPS) is 13.4. The third kappa shape index (κ3) is 3.32. The summed E-state index contributed by atoms with van der Waals surface area (Å²) in [6, 6.07) is 5.50. The topological polar surface area (TPSA) is 91.7 Å². The fourth-order valence-corrected chi connectivity index (χ4v) is 1.83. The van der Waals surface area contributed by atoms with Gasteiger partial charge in [-0.1, -0.05) is 19.1 Å². The summed E-state index contributed by atoms with van der Waals surface area (Å²) in [7, 11) is -4.18. The summed E-state index contributed by atoms with van der Waals surface area (Å²) in [6.07, 6.45) is -0.0226. The van der Waals surface area contributed by atoms with Gasteiger partial charge in [-0.3, -0.25) is 9.35 Å². The van der Waals surface area contributed by atoms with E-state index >= 15 is 0 Å². The Morgan fingerprint density at radius 3 is 2.19 bits per heavy atom. The molecule has 0 radical (unpaired) electrons. The Morgan fingerprint density at radius 1 is 1.31 bits per heavy atom. The zero-order valence-corrected chi connectivity index (χ0v) is 9.44. The molecule has 88 valence electrons. The summed E-state index contributed by atoms with van der Waals surface area (Å²) in [4.78, 5) is 10.3. The lowest BCUT2D eigenvalue weighted by atomic mass is 9.98. The highest BCUT2D eigenvalue weighted by molar-refractivity contribution is 7.85. The molecule has 1 atom stereocenters. The van der Waals surface area contributed by atoms with Crippen LogP contribution in [-0.4, -0.2) is 24.0 Å². The van der Waals surface area contributed by atoms with Crippen molar-refractivity contribution in [1.82, 2.24) is 0 Å². The minimum absolute atomic E-state index is 0.0226. The molecule has 16 heavy (non-hydrogen) atoms. The zero-order chi connectivity index (χ0) is 12.3. The second-order valence-corrected chi connectivity index (χ2v) is 4.96. The maximum Gasteiger partial charge on any atom is 0.303 e. The summed E-state index contributed by atoms with van der Waals surface area (Å²) >= 11 is 0. The number of carbonyl (C=O) groups is 1. The van der Waals surface area contributed by atoms with Crippen molar-refractivity contribution in [1.29, 1.82) is 0 Å². The molecule has 0 fully saturated rings. The summed E-state index contributed by atoms with van der Waals surface area (Å²) < 4.78 is 30.2. The Bertz CT molecular complexity index is 474. The van der Waals surface area contributed by atoms with Crippen LogP contribution in [0, 0.1) is 0 Å². The number of carboxylic acid groups (broad SMARTS) is 1. The van der Waals surface area contributed by atoms with Crippen molar-refractivity contribution in [3.05, 3.63) is 29.8 Å². The third-order valence-electron chi connectivity index (χ3n) is 2.23. The van der Waals surface area contributed by atoms with Gasteiger partial charge >= 0.3 is 5.97 Å². The lowest BCUT2D eigenvalue weighted by Crippen LogP contribution is -2.03. The van der Waals surface area contributed by atoms with Gasteiger partial charge in [-0.15, -0.1) is 0 Å². The molecular formula is C10H12O5S. The van der Waals surface area contributed by atoms with Crippen molar-refractivity contribution in [2.75, 3.05) is 0 Å². The molecule has 1 aromatic carbocycles. The van der Waals surface area contributed by atoms with Crippen molar-refractivity contribution in [2.24, 2.45) is 0 Å². The Kier molecular flexibility index (Phi) is 3.66. The summed E-state index contributed by atoms with van der Waals surface area (Å²) in [5, 5.41) is 8.59. The minimum Gasteiger partial charge on any atom is -0.481 e. The molecule has 1 rings (SSSR count). The summed E-state index contributed by atoms with van der Waals surface area (Å²) in [5.74, 6) is -1.11. The van der Waals surface area contributed by atoms with Crippen LogP contribution in [0.2, 0.25) is 0 Å². The lowest BCUT2D eigenvalue weighted by molar-refractivity contribution is -0.137. The van der Waals surface area contributed by atoms with Crippen LogP contribution in [0.5, 0.6) is 0 Å². The van der Waals surface area contributed by atoms with Gasteiger partial charge in [0.2, 0.25) is 0 Å². The molecule has 0 aromatic heterocycles. The zero-order valence-electron chi connectivity index (χ0n) is 8.62. The van der Waals surface area contributed by atoms with Crippen molar-refractivity contribution in [3.8, 4) is 0 Å². The first kappa shape index (κ1) is 12.7. The van der Waals surface area contributed by atoms with E-state index in [2.05, 4.69) is 0 Å². The molecule has 2 N–H and O–H groups in total. The van der Waals surface area contributed by atoms with Gasteiger partial charge in [-0.05, 0) is 23.6 Å². The third-order valence-corrected chi connectivity index (χ3v) is 3.10. The highest BCUT2D eigenvalue weighted by Gasteiger charge is 2.12. The predicted molar refractivity (Wildman–Crippen MR) is 56.9 cm³/mol. The van der Waals surface area contributed by atoms with E-state index in [0.29, 0.717) is 0 Å². The van der Waals surface area contributed by atoms with E-state index in [9.17, 15) is 13.2 Å². The van der Waals surface area contributed by atoms with Crippen LogP contribution in [-0.2, 0) is 14.9 Å². The molecule has 6 heteroatoms. The molecule has 5 nitrogen and oxygen atoms in total. The van der Waals surface area contributed by atoms with E-state index in [1.54, 1.807) is 6.92 Å². The number of aliphatic carboxylic acids is 1. The van der Waals surface area contributed by atoms with Gasteiger partial charge in [0.25, 0.3) is 10.1 Å². The second kappa shape index (κ2) is 4.63. The van der Waals surface area contributed by atoms with Crippen LogP contribution in [0.15, 0.2) is 29.2 Å². The Balaban J connectivity index is 2.91. The van der Waals surface area contributed by atoms with Crippen LogP contribution >= 0.6 is 0 Å². The van der Waals surface area contributed by atoms with Crippen LogP contribution < -0.4 is 0 Å². The number of carboxylic acids is 1. The molecule has 0 saturated heterocycles. The molecule has 0 bridgehead atoms. The number of hydrogen-bond donors (Lipinski definition) is 2. The molecule has 0 heterocycles. The van der Waals surface area contributed by atoms with Crippen LogP contribution in [0.1, 0.15) is 24.8 Å². The minimum atomic E-state index is -4.18. The van der Waals surface area contributed by atoms with E-state index in [-0.39, 0.29) is 17.2 Å². The van der Waals surface area contributed by atoms with E-state index in [1.165, 1.54) is 24.3 Å². The lowest BCUT2D eigenvalue weighted by Gasteiger charge is -2.09. The standard InChI is InChI=1S/C10H12O5S/c1-7(6-10(11)12)8-2-4-9(5-3-8)16(13,14)15/h2-5,7H,6H2,1H3,(H,11,12)(H,13,14,15)/t7-/m1/s1. The smallest absolute Gasteiger partial charge is 0.303 e. The molecule has 1 aromatic rings. The SMILES string of the molecule is C[C@H](CC(=O)O)c1ccc(S(=O)(=O)O)cc1. The van der Waals surface area contributed by atoms with Gasteiger partial charge in [0.15, 0.2) is 0 Å². The quantitative estimate of drug-likeness (QED) is 0.783. The molecule has 0 unspecified atom stereocenters. The van der Waals surface area contributed by atoms with Crippen LogP contribution in [0.3, 0.4) is 0 Å². The average molecular weight is 244 g/mol. The van der Waals surface area contributed by atoms with E-state index in [4.69, 9.17) is 9.66 Å². The monoisotopic (exact) mass is 244 g/mol. The number of rotatable bonds is 4. The van der Waals surface area contributed by atoms with Gasteiger partial charge in [-0.2, -0.15) is 8.42 Å². The highest BCUT2D eigenvalue weighted by Crippen LogP contribution is 2.20. The van der Waals surface area contributed by atoms with Gasteiger partial charge < -0.3 is 5.11 Å². The van der Waals surface area contributed by atoms with Crippen molar-refractivity contribution < 1.29 is 22.9 Å². The molecule has 0 spiro atoms. The first-order chi connectivity index (χ1) is 7.30. The number of benzene rings is 1. The Hall–Kier alpha value is -1.40. The molecule has 0 aliphatic heterocycles. The fraction of sp³-hybridized carbons (Fsp3) is 0.300. The largest absolute Gasteiger partial charge is 0.481 e. The Labute approximate surface area is 93.5 Å².